The molecular weight excluding hydrogens is 195 g/mol. The van der Waals surface area contributed by atoms with Gasteiger partial charge in [0.05, 0.1) is 0 Å². The Morgan fingerprint density at radius 3 is 2.43 bits per heavy atom. The average molecular weight is 217 g/mol. The number of hydrogen-bond acceptors (Lipinski definition) is 1. The van der Waals surface area contributed by atoms with Crippen LogP contribution in [0.4, 0.5) is 0 Å². The predicted octanol–water partition coefficient (Wildman–Crippen LogP) is 3.86. The van der Waals surface area contributed by atoms with Gasteiger partial charge in [-0.05, 0) is 30.8 Å². The molecule has 1 aliphatic rings. The number of hydrogen-bond donors (Lipinski definition) is 1. The van der Waals surface area contributed by atoms with Gasteiger partial charge in [0.25, 0.3) is 0 Å². The summed E-state index contributed by atoms with van der Waals surface area (Å²) < 4.78 is 11.2. The largest absolute Gasteiger partial charge is 0.508 e. The zero-order valence-corrected chi connectivity index (χ0v) is 10.2. The lowest BCUT2D eigenvalue weighted by molar-refractivity contribution is 0.248. The second kappa shape index (κ2) is 5.23. The maximum Gasteiger partial charge on any atom is 0.508 e. The molecular formula is C11H22O2P+. The average Bonchev–Trinajstić information content (AvgIpc) is 2.63. The standard InChI is InChI=1S/C11H21O2P/c1-3-4-7-11(8-5-6-9-11)10(2)14(12)13/h10H,3-9H2,1-2H3/p+1. The fraction of sp³-hybridized carbons (Fsp3) is 1.00. The maximum atomic E-state index is 11.2. The fourth-order valence-electron chi connectivity index (χ4n) is 2.72. The molecule has 3 heteroatoms. The van der Waals surface area contributed by atoms with E-state index >= 15 is 0 Å². The topological polar surface area (TPSA) is 37.3 Å². The van der Waals surface area contributed by atoms with Crippen LogP contribution in [0.25, 0.3) is 0 Å². The summed E-state index contributed by atoms with van der Waals surface area (Å²) in [5, 5.41) is 0. The number of rotatable bonds is 5. The second-order valence-electron chi connectivity index (χ2n) is 4.65. The van der Waals surface area contributed by atoms with Gasteiger partial charge in [-0.3, -0.25) is 0 Å². The molecule has 1 fully saturated rings. The molecule has 0 bridgehead atoms. The molecule has 0 aliphatic heterocycles. The molecule has 0 radical (unpaired) electrons. The molecule has 0 aromatic carbocycles. The third kappa shape index (κ3) is 2.55. The van der Waals surface area contributed by atoms with Crippen LogP contribution < -0.4 is 0 Å². The van der Waals surface area contributed by atoms with E-state index in [1.807, 2.05) is 6.92 Å². The van der Waals surface area contributed by atoms with E-state index in [2.05, 4.69) is 6.92 Å². The molecule has 14 heavy (non-hydrogen) atoms. The van der Waals surface area contributed by atoms with Crippen LogP contribution in [0.5, 0.6) is 0 Å². The Labute approximate surface area is 88.0 Å². The van der Waals surface area contributed by atoms with Gasteiger partial charge in [0.1, 0.15) is 0 Å². The molecule has 1 N–H and O–H groups in total. The molecule has 0 aromatic heterocycles. The second-order valence-corrected chi connectivity index (χ2v) is 6.03. The minimum absolute atomic E-state index is 0.00782. The van der Waals surface area contributed by atoms with Gasteiger partial charge < -0.3 is 0 Å². The molecule has 1 aliphatic carbocycles. The summed E-state index contributed by atoms with van der Waals surface area (Å²) in [6.45, 7) is 4.14. The molecule has 0 amide bonds. The Kier molecular flexibility index (Phi) is 4.53. The highest BCUT2D eigenvalue weighted by Gasteiger charge is 2.47. The molecule has 1 saturated carbocycles. The Morgan fingerprint density at radius 2 is 2.00 bits per heavy atom. The van der Waals surface area contributed by atoms with Crippen molar-refractivity contribution in [2.24, 2.45) is 5.41 Å². The smallest absolute Gasteiger partial charge is 0.161 e. The summed E-state index contributed by atoms with van der Waals surface area (Å²) in [6, 6.07) is 0. The van der Waals surface area contributed by atoms with Crippen LogP contribution in [0.3, 0.4) is 0 Å². The Balaban J connectivity index is 2.65. The van der Waals surface area contributed by atoms with Gasteiger partial charge >= 0.3 is 8.03 Å². The zero-order chi connectivity index (χ0) is 10.6. The normalized spacial score (nSPS) is 23.5. The van der Waals surface area contributed by atoms with Crippen LogP contribution in [0.2, 0.25) is 0 Å². The van der Waals surface area contributed by atoms with E-state index in [1.54, 1.807) is 0 Å². The monoisotopic (exact) mass is 217 g/mol. The van der Waals surface area contributed by atoms with Gasteiger partial charge in [-0.25, -0.2) is 0 Å². The Hall–Kier alpha value is 0.0600. The first-order chi connectivity index (χ1) is 6.62. The first-order valence-electron chi connectivity index (χ1n) is 5.77. The molecule has 82 valence electrons. The van der Waals surface area contributed by atoms with Crippen molar-refractivity contribution in [3.05, 3.63) is 0 Å². The van der Waals surface area contributed by atoms with Crippen molar-refractivity contribution in [2.45, 2.75) is 64.5 Å². The summed E-state index contributed by atoms with van der Waals surface area (Å²) in [6.07, 6.45) is 8.36. The van der Waals surface area contributed by atoms with Crippen molar-refractivity contribution in [1.82, 2.24) is 0 Å². The van der Waals surface area contributed by atoms with Crippen LogP contribution in [-0.4, -0.2) is 10.6 Å². The van der Waals surface area contributed by atoms with Crippen molar-refractivity contribution >= 4 is 8.03 Å². The van der Waals surface area contributed by atoms with Crippen molar-refractivity contribution < 1.29 is 9.46 Å². The van der Waals surface area contributed by atoms with Crippen molar-refractivity contribution in [1.29, 1.82) is 0 Å². The predicted molar refractivity (Wildman–Crippen MR) is 59.7 cm³/mol. The summed E-state index contributed by atoms with van der Waals surface area (Å²) in [7, 11) is -1.99. The van der Waals surface area contributed by atoms with E-state index in [0.717, 1.165) is 19.3 Å². The molecule has 0 saturated heterocycles. The summed E-state index contributed by atoms with van der Waals surface area (Å²) in [5.41, 5.74) is 0.185. The van der Waals surface area contributed by atoms with E-state index in [4.69, 9.17) is 0 Å². The first kappa shape index (κ1) is 12.1. The molecule has 0 aromatic rings. The molecule has 2 unspecified atom stereocenters. The van der Waals surface area contributed by atoms with Gasteiger partial charge in [-0.2, -0.15) is 4.89 Å². The lowest BCUT2D eigenvalue weighted by Gasteiger charge is -2.28. The number of unbranched alkanes of at least 4 members (excludes halogenated alkanes) is 1. The minimum atomic E-state index is -1.99. The van der Waals surface area contributed by atoms with E-state index in [1.165, 1.54) is 25.7 Å². The van der Waals surface area contributed by atoms with Crippen molar-refractivity contribution in [3.8, 4) is 0 Å². The summed E-state index contributed by atoms with van der Waals surface area (Å²) >= 11 is 0. The van der Waals surface area contributed by atoms with Gasteiger partial charge in [0.2, 0.25) is 0 Å². The highest BCUT2D eigenvalue weighted by atomic mass is 31.1. The zero-order valence-electron chi connectivity index (χ0n) is 9.33. The SMILES string of the molecule is CCCCC1(C(C)[P+](=O)O)CCCC1. The van der Waals surface area contributed by atoms with Crippen LogP contribution in [0.15, 0.2) is 0 Å². The molecule has 2 nitrogen and oxygen atoms in total. The molecule has 2 atom stereocenters. The Morgan fingerprint density at radius 1 is 1.43 bits per heavy atom. The maximum absolute atomic E-state index is 11.2. The van der Waals surface area contributed by atoms with Crippen molar-refractivity contribution in [3.63, 3.8) is 0 Å². The lowest BCUT2D eigenvalue weighted by Crippen LogP contribution is -2.27. The summed E-state index contributed by atoms with van der Waals surface area (Å²) in [4.78, 5) is 9.26. The van der Waals surface area contributed by atoms with Crippen LogP contribution in [0, 0.1) is 5.41 Å². The highest BCUT2D eigenvalue weighted by Crippen LogP contribution is 2.51. The quantitative estimate of drug-likeness (QED) is 0.710. The van der Waals surface area contributed by atoms with Crippen molar-refractivity contribution in [2.75, 3.05) is 0 Å². The first-order valence-corrected chi connectivity index (χ1v) is 7.06. The van der Waals surface area contributed by atoms with Gasteiger partial charge in [-0.1, -0.05) is 32.6 Å². The minimum Gasteiger partial charge on any atom is -0.161 e. The van der Waals surface area contributed by atoms with Gasteiger partial charge in [-0.15, -0.1) is 0 Å². The third-order valence-electron chi connectivity index (χ3n) is 3.85. The highest BCUT2D eigenvalue weighted by molar-refractivity contribution is 7.38. The van der Waals surface area contributed by atoms with Gasteiger partial charge in [0.15, 0.2) is 5.66 Å². The Bertz CT molecular complexity index is 197. The van der Waals surface area contributed by atoms with Crippen LogP contribution in [-0.2, 0) is 4.57 Å². The van der Waals surface area contributed by atoms with E-state index in [9.17, 15) is 9.46 Å². The lowest BCUT2D eigenvalue weighted by atomic mass is 9.78. The molecule has 0 spiro atoms. The van der Waals surface area contributed by atoms with Gasteiger partial charge in [0, 0.05) is 5.41 Å². The summed E-state index contributed by atoms with van der Waals surface area (Å²) in [5.74, 6) is 0. The van der Waals surface area contributed by atoms with Crippen LogP contribution in [0.1, 0.15) is 58.8 Å². The van der Waals surface area contributed by atoms with E-state index < -0.39 is 8.03 Å². The third-order valence-corrected chi connectivity index (χ3v) is 5.06. The van der Waals surface area contributed by atoms with Crippen LogP contribution >= 0.6 is 8.03 Å². The fourth-order valence-corrected chi connectivity index (χ4v) is 3.57. The molecule has 0 heterocycles. The van der Waals surface area contributed by atoms with E-state index in [-0.39, 0.29) is 11.1 Å². The molecule has 1 rings (SSSR count). The van der Waals surface area contributed by atoms with E-state index in [0.29, 0.717) is 0 Å².